The molecule has 0 aliphatic carbocycles. The molecular weight excluding hydrogens is 352 g/mol. The van der Waals surface area contributed by atoms with Crippen LogP contribution in [0.15, 0.2) is 12.2 Å². The van der Waals surface area contributed by atoms with Crippen molar-refractivity contribution in [3.05, 3.63) is 12.2 Å². The maximum absolute atomic E-state index is 10.4. The Kier molecular flexibility index (Phi) is 20.2. The molecule has 0 saturated heterocycles. The number of aliphatic hydroxyl groups excluding tert-OH is 2. The summed E-state index contributed by atoms with van der Waals surface area (Å²) in [5, 5.41) is 28.6. The maximum atomic E-state index is 10.4. The molecule has 4 heteroatoms. The number of carboxylic acid groups (broad SMARTS) is 1. The SMILES string of the molecule is CCCCC=CCC(O)CCC(O)CCCCCCCCCCCCC(=O)O. The van der Waals surface area contributed by atoms with Gasteiger partial charge in [0.2, 0.25) is 0 Å². The fourth-order valence-corrected chi connectivity index (χ4v) is 3.41. The fourth-order valence-electron chi connectivity index (χ4n) is 3.41. The summed E-state index contributed by atoms with van der Waals surface area (Å²) >= 11 is 0. The topological polar surface area (TPSA) is 77.8 Å². The second-order valence-corrected chi connectivity index (χ2v) is 8.20. The molecule has 166 valence electrons. The molecule has 0 bridgehead atoms. The third-order valence-corrected chi connectivity index (χ3v) is 5.31. The number of aliphatic carboxylic acids is 1. The summed E-state index contributed by atoms with van der Waals surface area (Å²) in [6, 6.07) is 0. The number of carboxylic acids is 1. The minimum Gasteiger partial charge on any atom is -0.481 e. The lowest BCUT2D eigenvalue weighted by atomic mass is 10.0. The Morgan fingerprint density at radius 1 is 0.714 bits per heavy atom. The second kappa shape index (κ2) is 20.9. The Morgan fingerprint density at radius 3 is 1.82 bits per heavy atom. The first-order chi connectivity index (χ1) is 13.6. The smallest absolute Gasteiger partial charge is 0.303 e. The van der Waals surface area contributed by atoms with Crippen LogP contribution in [0.1, 0.15) is 122 Å². The van der Waals surface area contributed by atoms with Gasteiger partial charge in [0.05, 0.1) is 12.2 Å². The first-order valence-corrected chi connectivity index (χ1v) is 11.8. The van der Waals surface area contributed by atoms with Gasteiger partial charge in [-0.05, 0) is 38.5 Å². The molecule has 0 aromatic rings. The highest BCUT2D eigenvalue weighted by atomic mass is 16.4. The monoisotopic (exact) mass is 398 g/mol. The van der Waals surface area contributed by atoms with Gasteiger partial charge in [-0.25, -0.2) is 0 Å². The van der Waals surface area contributed by atoms with E-state index in [1.807, 2.05) is 0 Å². The lowest BCUT2D eigenvalue weighted by Crippen LogP contribution is -2.12. The van der Waals surface area contributed by atoms with Crippen molar-refractivity contribution in [1.29, 1.82) is 0 Å². The van der Waals surface area contributed by atoms with E-state index in [4.69, 9.17) is 5.11 Å². The zero-order valence-corrected chi connectivity index (χ0v) is 18.3. The van der Waals surface area contributed by atoms with Crippen LogP contribution in [0.25, 0.3) is 0 Å². The van der Waals surface area contributed by atoms with Crippen molar-refractivity contribution in [1.82, 2.24) is 0 Å². The van der Waals surface area contributed by atoms with Gasteiger partial charge in [0.15, 0.2) is 0 Å². The average molecular weight is 399 g/mol. The first kappa shape index (κ1) is 27.1. The molecule has 3 N–H and O–H groups in total. The van der Waals surface area contributed by atoms with E-state index in [-0.39, 0.29) is 12.2 Å². The van der Waals surface area contributed by atoms with Crippen LogP contribution in [-0.4, -0.2) is 33.5 Å². The molecule has 2 atom stereocenters. The van der Waals surface area contributed by atoms with Crippen LogP contribution in [0.4, 0.5) is 0 Å². The number of carbonyl (C=O) groups is 1. The predicted octanol–water partition coefficient (Wildman–Crippen LogP) is 6.39. The van der Waals surface area contributed by atoms with Gasteiger partial charge in [0, 0.05) is 6.42 Å². The first-order valence-electron chi connectivity index (χ1n) is 11.8. The van der Waals surface area contributed by atoms with Crippen molar-refractivity contribution in [3.63, 3.8) is 0 Å². The molecule has 0 fully saturated rings. The summed E-state index contributed by atoms with van der Waals surface area (Å²) in [7, 11) is 0. The molecule has 0 radical (unpaired) electrons. The van der Waals surface area contributed by atoms with Crippen LogP contribution >= 0.6 is 0 Å². The molecule has 0 saturated carbocycles. The molecule has 28 heavy (non-hydrogen) atoms. The van der Waals surface area contributed by atoms with Crippen LogP contribution in [0.5, 0.6) is 0 Å². The zero-order chi connectivity index (χ0) is 20.9. The standard InChI is InChI=1S/C24H46O4/c1-2-3-4-11-14-17-22(25)20-21-23(26)18-15-12-9-7-5-6-8-10-13-16-19-24(27)28/h11,14,22-23,25-26H,2-10,12-13,15-21H2,1H3,(H,27,28). The Bertz CT molecular complexity index is 368. The molecule has 4 nitrogen and oxygen atoms in total. The summed E-state index contributed by atoms with van der Waals surface area (Å²) < 4.78 is 0. The van der Waals surface area contributed by atoms with Gasteiger partial charge in [-0.3, -0.25) is 4.79 Å². The van der Waals surface area contributed by atoms with Crippen molar-refractivity contribution in [2.45, 2.75) is 135 Å². The Labute approximate surface area is 173 Å². The summed E-state index contributed by atoms with van der Waals surface area (Å²) in [5.74, 6) is -0.684. The third kappa shape index (κ3) is 21.4. The van der Waals surface area contributed by atoms with Crippen LogP contribution in [0, 0.1) is 0 Å². The van der Waals surface area contributed by atoms with E-state index in [1.54, 1.807) is 0 Å². The molecular formula is C24H46O4. The number of unbranched alkanes of at least 4 members (excludes halogenated alkanes) is 11. The van der Waals surface area contributed by atoms with E-state index in [0.717, 1.165) is 38.5 Å². The van der Waals surface area contributed by atoms with Gasteiger partial charge in [-0.1, -0.05) is 89.7 Å². The van der Waals surface area contributed by atoms with E-state index in [0.29, 0.717) is 25.7 Å². The van der Waals surface area contributed by atoms with Crippen molar-refractivity contribution >= 4 is 5.97 Å². The highest BCUT2D eigenvalue weighted by Crippen LogP contribution is 2.15. The number of rotatable bonds is 21. The van der Waals surface area contributed by atoms with Crippen LogP contribution < -0.4 is 0 Å². The quantitative estimate of drug-likeness (QED) is 0.155. The molecule has 0 aliphatic rings. The molecule has 0 amide bonds. The lowest BCUT2D eigenvalue weighted by Gasteiger charge is -2.13. The number of aliphatic hydroxyl groups is 2. The molecule has 0 aromatic heterocycles. The number of allylic oxidation sites excluding steroid dienone is 1. The Hall–Kier alpha value is -0.870. The van der Waals surface area contributed by atoms with E-state index in [2.05, 4.69) is 19.1 Å². The predicted molar refractivity (Wildman–Crippen MR) is 118 cm³/mol. The summed E-state index contributed by atoms with van der Waals surface area (Å²) in [5.41, 5.74) is 0. The summed E-state index contributed by atoms with van der Waals surface area (Å²) in [4.78, 5) is 10.4. The van der Waals surface area contributed by atoms with E-state index in [9.17, 15) is 15.0 Å². The van der Waals surface area contributed by atoms with Crippen LogP contribution in [0.2, 0.25) is 0 Å². The van der Waals surface area contributed by atoms with Gasteiger partial charge in [-0.2, -0.15) is 0 Å². The molecule has 0 aliphatic heterocycles. The molecule has 0 heterocycles. The normalized spacial score (nSPS) is 13.8. The Balaban J connectivity index is 3.33. The van der Waals surface area contributed by atoms with Crippen LogP contribution in [0.3, 0.4) is 0 Å². The van der Waals surface area contributed by atoms with Gasteiger partial charge >= 0.3 is 5.97 Å². The minimum atomic E-state index is -0.684. The van der Waals surface area contributed by atoms with Gasteiger partial charge in [-0.15, -0.1) is 0 Å². The molecule has 2 unspecified atom stereocenters. The lowest BCUT2D eigenvalue weighted by molar-refractivity contribution is -0.137. The van der Waals surface area contributed by atoms with Crippen molar-refractivity contribution < 1.29 is 20.1 Å². The van der Waals surface area contributed by atoms with Gasteiger partial charge in [0.1, 0.15) is 0 Å². The summed E-state index contributed by atoms with van der Waals surface area (Å²) in [6.45, 7) is 2.18. The third-order valence-electron chi connectivity index (χ3n) is 5.31. The van der Waals surface area contributed by atoms with Gasteiger partial charge < -0.3 is 15.3 Å². The van der Waals surface area contributed by atoms with E-state index in [1.165, 1.54) is 51.4 Å². The molecule has 0 spiro atoms. The molecule has 0 rings (SSSR count). The molecule has 0 aromatic carbocycles. The number of hydrogen-bond acceptors (Lipinski definition) is 3. The van der Waals surface area contributed by atoms with Crippen molar-refractivity contribution in [3.8, 4) is 0 Å². The van der Waals surface area contributed by atoms with Crippen molar-refractivity contribution in [2.24, 2.45) is 0 Å². The second-order valence-electron chi connectivity index (χ2n) is 8.20. The average Bonchev–Trinajstić information content (AvgIpc) is 2.66. The highest BCUT2D eigenvalue weighted by Gasteiger charge is 2.08. The zero-order valence-electron chi connectivity index (χ0n) is 18.3. The highest BCUT2D eigenvalue weighted by molar-refractivity contribution is 5.66. The maximum Gasteiger partial charge on any atom is 0.303 e. The minimum absolute atomic E-state index is 0.274. The Morgan fingerprint density at radius 2 is 1.25 bits per heavy atom. The number of hydrogen-bond donors (Lipinski definition) is 3. The van der Waals surface area contributed by atoms with Crippen LogP contribution in [-0.2, 0) is 4.79 Å². The largest absolute Gasteiger partial charge is 0.481 e. The van der Waals surface area contributed by atoms with Gasteiger partial charge in [0.25, 0.3) is 0 Å². The van der Waals surface area contributed by atoms with Crippen molar-refractivity contribution in [2.75, 3.05) is 0 Å². The van der Waals surface area contributed by atoms with E-state index < -0.39 is 5.97 Å². The summed E-state index contributed by atoms with van der Waals surface area (Å²) in [6.07, 6.45) is 21.9. The fraction of sp³-hybridized carbons (Fsp3) is 0.875. The van der Waals surface area contributed by atoms with E-state index >= 15 is 0 Å².